The van der Waals surface area contributed by atoms with E-state index in [2.05, 4.69) is 20.5 Å². The van der Waals surface area contributed by atoms with E-state index in [4.69, 9.17) is 16.3 Å². The van der Waals surface area contributed by atoms with E-state index in [1.165, 1.54) is 6.33 Å². The molecule has 1 aromatic carbocycles. The van der Waals surface area contributed by atoms with Crippen LogP contribution in [0, 0.1) is 6.92 Å². The third kappa shape index (κ3) is 2.22. The van der Waals surface area contributed by atoms with Gasteiger partial charge in [0.15, 0.2) is 5.82 Å². The zero-order chi connectivity index (χ0) is 13.1. The Morgan fingerprint density at radius 3 is 2.78 bits per heavy atom. The summed E-state index contributed by atoms with van der Waals surface area (Å²) in [5.74, 6) is 1.32. The highest BCUT2D eigenvalue weighted by Crippen LogP contribution is 2.35. The number of ether oxygens (including phenoxy) is 1. The number of halogens is 1. The molecule has 0 aliphatic rings. The van der Waals surface area contributed by atoms with E-state index in [1.54, 1.807) is 14.2 Å². The van der Waals surface area contributed by atoms with Crippen LogP contribution in [0.25, 0.3) is 11.3 Å². The molecular weight excluding hydrogens is 252 g/mol. The summed E-state index contributed by atoms with van der Waals surface area (Å²) in [6.07, 6.45) is 1.39. The smallest absolute Gasteiger partial charge is 0.156 e. The summed E-state index contributed by atoms with van der Waals surface area (Å²) in [5, 5.41) is 11.5. The molecule has 2 aromatic rings. The molecular formula is C12H13ClN4O. The van der Waals surface area contributed by atoms with E-state index in [0.717, 1.165) is 11.1 Å². The minimum absolute atomic E-state index is 0.610. The van der Waals surface area contributed by atoms with Gasteiger partial charge < -0.3 is 10.1 Å². The summed E-state index contributed by atoms with van der Waals surface area (Å²) in [5.41, 5.74) is 2.32. The average molecular weight is 265 g/mol. The van der Waals surface area contributed by atoms with E-state index in [-0.39, 0.29) is 0 Å². The molecule has 0 spiro atoms. The van der Waals surface area contributed by atoms with Gasteiger partial charge in [0.25, 0.3) is 0 Å². The number of hydrogen-bond donors (Lipinski definition) is 1. The molecule has 94 valence electrons. The van der Waals surface area contributed by atoms with Crippen molar-refractivity contribution in [2.75, 3.05) is 19.5 Å². The van der Waals surface area contributed by atoms with Crippen molar-refractivity contribution >= 4 is 17.4 Å². The minimum Gasteiger partial charge on any atom is -0.496 e. The molecule has 0 radical (unpaired) electrons. The summed E-state index contributed by atoms with van der Waals surface area (Å²) < 4.78 is 5.35. The quantitative estimate of drug-likeness (QED) is 0.923. The largest absolute Gasteiger partial charge is 0.496 e. The number of methoxy groups -OCH3 is 1. The van der Waals surface area contributed by atoms with Gasteiger partial charge in [-0.2, -0.15) is 0 Å². The van der Waals surface area contributed by atoms with Gasteiger partial charge in [-0.15, -0.1) is 10.2 Å². The summed E-state index contributed by atoms with van der Waals surface area (Å²) >= 11 is 6.14. The molecule has 0 amide bonds. The van der Waals surface area contributed by atoms with Crippen molar-refractivity contribution in [3.05, 3.63) is 29.0 Å². The van der Waals surface area contributed by atoms with Gasteiger partial charge in [-0.05, 0) is 24.6 Å². The maximum absolute atomic E-state index is 6.14. The molecule has 0 bridgehead atoms. The number of benzene rings is 1. The SMILES string of the molecule is CNc1ncnnc1-c1cc(Cl)c(C)cc1OC. The third-order valence-corrected chi connectivity index (χ3v) is 3.00. The lowest BCUT2D eigenvalue weighted by molar-refractivity contribution is 0.416. The summed E-state index contributed by atoms with van der Waals surface area (Å²) in [7, 11) is 3.38. The van der Waals surface area contributed by atoms with E-state index in [9.17, 15) is 0 Å². The maximum atomic E-state index is 6.14. The first-order valence-corrected chi connectivity index (χ1v) is 5.75. The van der Waals surface area contributed by atoms with Gasteiger partial charge in [0.1, 0.15) is 17.8 Å². The first-order chi connectivity index (χ1) is 8.67. The third-order valence-electron chi connectivity index (χ3n) is 2.59. The monoisotopic (exact) mass is 264 g/mol. The van der Waals surface area contributed by atoms with Crippen molar-refractivity contribution < 1.29 is 4.74 Å². The van der Waals surface area contributed by atoms with E-state index in [1.807, 2.05) is 19.1 Å². The van der Waals surface area contributed by atoms with Crippen molar-refractivity contribution in [2.24, 2.45) is 0 Å². The van der Waals surface area contributed by atoms with Gasteiger partial charge in [-0.1, -0.05) is 11.6 Å². The van der Waals surface area contributed by atoms with Crippen LogP contribution in [-0.4, -0.2) is 29.3 Å². The van der Waals surface area contributed by atoms with Crippen molar-refractivity contribution in [3.63, 3.8) is 0 Å². The van der Waals surface area contributed by atoms with Crippen LogP contribution in [0.4, 0.5) is 5.82 Å². The van der Waals surface area contributed by atoms with Crippen LogP contribution in [0.1, 0.15) is 5.56 Å². The van der Waals surface area contributed by atoms with Crippen LogP contribution >= 0.6 is 11.6 Å². The highest BCUT2D eigenvalue weighted by molar-refractivity contribution is 6.31. The molecule has 0 fully saturated rings. The van der Waals surface area contributed by atoms with Gasteiger partial charge in [0, 0.05) is 17.6 Å². The lowest BCUT2D eigenvalue weighted by Crippen LogP contribution is -2.01. The topological polar surface area (TPSA) is 59.9 Å². The van der Waals surface area contributed by atoms with Crippen molar-refractivity contribution in [1.29, 1.82) is 0 Å². The number of rotatable bonds is 3. The Bertz CT molecular complexity index is 574. The number of nitrogens with one attached hydrogen (secondary N) is 1. The Kier molecular flexibility index (Phi) is 3.62. The first-order valence-electron chi connectivity index (χ1n) is 5.37. The van der Waals surface area contributed by atoms with E-state index in [0.29, 0.717) is 22.3 Å². The number of aromatic nitrogens is 3. The van der Waals surface area contributed by atoms with Crippen LogP contribution in [0.3, 0.4) is 0 Å². The normalized spacial score (nSPS) is 10.2. The predicted molar refractivity (Wildman–Crippen MR) is 71.1 cm³/mol. The van der Waals surface area contributed by atoms with Crippen LogP contribution in [0.15, 0.2) is 18.5 Å². The van der Waals surface area contributed by atoms with Crippen LogP contribution in [0.5, 0.6) is 5.75 Å². The molecule has 0 aliphatic carbocycles. The second-order valence-corrected chi connectivity index (χ2v) is 4.12. The Hall–Kier alpha value is -1.88. The predicted octanol–water partition coefficient (Wildman–Crippen LogP) is 2.55. The first kappa shape index (κ1) is 12.6. The molecule has 0 saturated heterocycles. The fourth-order valence-electron chi connectivity index (χ4n) is 1.65. The van der Waals surface area contributed by atoms with E-state index >= 15 is 0 Å². The Morgan fingerprint density at radius 1 is 1.33 bits per heavy atom. The Labute approximate surface area is 110 Å². The average Bonchev–Trinajstić information content (AvgIpc) is 2.41. The standard InChI is InChI=1S/C12H13ClN4O/c1-7-4-10(18-3)8(5-9(7)13)11-12(14-2)15-6-16-17-11/h4-6H,1-3H3,(H,14,15,16). The molecule has 18 heavy (non-hydrogen) atoms. The fourth-order valence-corrected chi connectivity index (χ4v) is 1.81. The molecule has 0 unspecified atom stereocenters. The molecule has 0 atom stereocenters. The molecule has 1 N–H and O–H groups in total. The summed E-state index contributed by atoms with van der Waals surface area (Å²) in [4.78, 5) is 4.12. The van der Waals surface area contributed by atoms with Gasteiger partial charge in [0.05, 0.1) is 7.11 Å². The number of nitrogens with zero attached hydrogens (tertiary/aromatic N) is 3. The second-order valence-electron chi connectivity index (χ2n) is 3.71. The lowest BCUT2D eigenvalue weighted by Gasteiger charge is -2.12. The fraction of sp³-hybridized carbons (Fsp3) is 0.250. The molecule has 1 heterocycles. The molecule has 1 aromatic heterocycles. The Balaban J connectivity index is 2.66. The van der Waals surface area contributed by atoms with Crippen LogP contribution in [0.2, 0.25) is 5.02 Å². The highest BCUT2D eigenvalue weighted by atomic mass is 35.5. The molecule has 0 aliphatic heterocycles. The van der Waals surface area contributed by atoms with Gasteiger partial charge in [-0.3, -0.25) is 0 Å². The van der Waals surface area contributed by atoms with Crippen molar-refractivity contribution in [3.8, 4) is 17.0 Å². The van der Waals surface area contributed by atoms with Gasteiger partial charge in [-0.25, -0.2) is 4.98 Å². The Morgan fingerprint density at radius 2 is 2.11 bits per heavy atom. The zero-order valence-corrected chi connectivity index (χ0v) is 11.1. The number of aryl methyl sites for hydroxylation is 1. The molecule has 5 nitrogen and oxygen atoms in total. The summed E-state index contributed by atoms with van der Waals surface area (Å²) in [6.45, 7) is 1.92. The molecule has 2 rings (SSSR count). The van der Waals surface area contributed by atoms with E-state index < -0.39 is 0 Å². The van der Waals surface area contributed by atoms with Gasteiger partial charge >= 0.3 is 0 Å². The second kappa shape index (κ2) is 5.18. The zero-order valence-electron chi connectivity index (χ0n) is 10.4. The summed E-state index contributed by atoms with van der Waals surface area (Å²) in [6, 6.07) is 3.67. The van der Waals surface area contributed by atoms with Crippen LogP contribution in [-0.2, 0) is 0 Å². The number of hydrogen-bond acceptors (Lipinski definition) is 5. The minimum atomic E-state index is 0.610. The number of anilines is 1. The maximum Gasteiger partial charge on any atom is 0.156 e. The molecule has 6 heteroatoms. The highest BCUT2D eigenvalue weighted by Gasteiger charge is 2.14. The van der Waals surface area contributed by atoms with Crippen molar-refractivity contribution in [2.45, 2.75) is 6.92 Å². The van der Waals surface area contributed by atoms with Crippen molar-refractivity contribution in [1.82, 2.24) is 15.2 Å². The van der Waals surface area contributed by atoms with Gasteiger partial charge in [0.2, 0.25) is 0 Å². The lowest BCUT2D eigenvalue weighted by atomic mass is 10.1. The molecule has 0 saturated carbocycles. The van der Waals surface area contributed by atoms with Crippen LogP contribution < -0.4 is 10.1 Å².